The summed E-state index contributed by atoms with van der Waals surface area (Å²) >= 11 is -2.90. The van der Waals surface area contributed by atoms with Gasteiger partial charge in [-0.25, -0.2) is 0 Å². The predicted octanol–water partition coefficient (Wildman–Crippen LogP) is 6.07. The SMILES string of the molecule is C[C](C)=[Zr]([C]1=CC=CC1)([c]1cc2ccccc2[nH]1)[C](C)(C)C.Cl.Cl. The van der Waals surface area contributed by atoms with Crippen molar-refractivity contribution in [2.75, 3.05) is 0 Å². The van der Waals surface area contributed by atoms with Crippen molar-refractivity contribution < 1.29 is 19.8 Å². The Kier molecular flexibility index (Phi) is 7.07. The van der Waals surface area contributed by atoms with Gasteiger partial charge in [0, 0.05) is 0 Å². The molecule has 4 heteroatoms. The van der Waals surface area contributed by atoms with Crippen LogP contribution in [0.5, 0.6) is 0 Å². The van der Waals surface area contributed by atoms with Crippen molar-refractivity contribution in [3.63, 3.8) is 0 Å². The number of halogens is 2. The molecule has 1 unspecified atom stereocenters. The zero-order valence-electron chi connectivity index (χ0n) is 15.1. The minimum atomic E-state index is -2.90. The van der Waals surface area contributed by atoms with Gasteiger partial charge in [-0.1, -0.05) is 0 Å². The summed E-state index contributed by atoms with van der Waals surface area (Å²) in [6, 6.07) is 11.1. The van der Waals surface area contributed by atoms with Gasteiger partial charge in [0.2, 0.25) is 0 Å². The van der Waals surface area contributed by atoms with Crippen LogP contribution in [-0.2, 0) is 19.8 Å². The maximum absolute atomic E-state index is 3.81. The molecule has 0 bridgehead atoms. The van der Waals surface area contributed by atoms with E-state index in [1.165, 1.54) is 14.3 Å². The Morgan fingerprint density at radius 2 is 1.75 bits per heavy atom. The number of rotatable bonds is 2. The fourth-order valence-electron chi connectivity index (χ4n) is 4.40. The van der Waals surface area contributed by atoms with Gasteiger partial charge >= 0.3 is 138 Å². The van der Waals surface area contributed by atoms with Gasteiger partial charge in [-0.3, -0.25) is 0 Å². The van der Waals surface area contributed by atoms with E-state index >= 15 is 0 Å². The molecule has 1 nitrogen and oxygen atoms in total. The molecule has 1 atom stereocenters. The fraction of sp³-hybridized carbons (Fsp3) is 0.350. The summed E-state index contributed by atoms with van der Waals surface area (Å²) < 4.78 is 5.20. The van der Waals surface area contributed by atoms with Crippen molar-refractivity contribution in [1.82, 2.24) is 4.98 Å². The van der Waals surface area contributed by atoms with E-state index in [1.807, 2.05) is 0 Å². The van der Waals surface area contributed by atoms with Gasteiger partial charge in [-0.2, -0.15) is 0 Å². The number of H-pyrrole nitrogens is 1. The van der Waals surface area contributed by atoms with Crippen LogP contribution in [0.15, 0.2) is 51.8 Å². The first kappa shape index (κ1) is 21.6. The summed E-state index contributed by atoms with van der Waals surface area (Å²) in [6.45, 7) is 12.1. The molecule has 2 aromatic rings. The molecule has 131 valence electrons. The molecule has 1 heterocycles. The standard InChI is InChI=1S/C8H6N.C5H5.C4H9.C3H6.2ClH.Zr/c1-2-4-8-7(3-1)5-6-9-8;1-2-4-5-3-1;1-4(2)3;1-3-2;;;/h1-5,9H;1-3H,4H2;1-3H3;1-2H3;2*1H;. The van der Waals surface area contributed by atoms with Gasteiger partial charge in [-0.15, -0.1) is 24.8 Å². The second kappa shape index (κ2) is 7.85. The Morgan fingerprint density at radius 3 is 2.25 bits per heavy atom. The van der Waals surface area contributed by atoms with Crippen molar-refractivity contribution in [2.24, 2.45) is 0 Å². The van der Waals surface area contributed by atoms with Gasteiger partial charge in [0.25, 0.3) is 0 Å². The maximum Gasteiger partial charge on any atom is -0.147 e. The number of para-hydroxylation sites is 1. The molecule has 1 aliphatic rings. The normalized spacial score (nSPS) is 16.1. The van der Waals surface area contributed by atoms with E-state index in [0.29, 0.717) is 3.12 Å². The molecular formula is C20H28Cl2NZr. The maximum atomic E-state index is 3.81. The molecule has 24 heavy (non-hydrogen) atoms. The van der Waals surface area contributed by atoms with Crippen molar-refractivity contribution >= 4 is 42.3 Å². The van der Waals surface area contributed by atoms with Crippen molar-refractivity contribution in [1.29, 1.82) is 0 Å². The number of benzene rings is 1. The van der Waals surface area contributed by atoms with Gasteiger partial charge in [0.05, 0.1) is 0 Å². The Morgan fingerprint density at radius 1 is 1.08 bits per heavy atom. The molecule has 3 rings (SSSR count). The van der Waals surface area contributed by atoms with E-state index in [9.17, 15) is 0 Å². The topological polar surface area (TPSA) is 15.8 Å². The smallest absolute Gasteiger partial charge is 0.147 e. The first-order valence-corrected chi connectivity index (χ1v) is 13.0. The average Bonchev–Trinajstić information content (AvgIpc) is 3.06. The summed E-state index contributed by atoms with van der Waals surface area (Å²) in [4.78, 5) is 3.81. The predicted molar refractivity (Wildman–Crippen MR) is 110 cm³/mol. The average molecular weight is 445 g/mol. The molecular weight excluding hydrogens is 416 g/mol. The van der Waals surface area contributed by atoms with E-state index < -0.39 is 19.8 Å². The van der Waals surface area contributed by atoms with Crippen LogP contribution in [0.2, 0.25) is 3.12 Å². The third kappa shape index (κ3) is 3.30. The Labute approximate surface area is 162 Å². The number of hydrogen-bond donors (Lipinski definition) is 1. The third-order valence-corrected chi connectivity index (χ3v) is 20.2. The molecule has 1 aromatic carbocycles. The number of allylic oxidation sites excluding steroid dienone is 4. The van der Waals surface area contributed by atoms with Gasteiger partial charge < -0.3 is 0 Å². The number of hydrogen-bond acceptors (Lipinski definition) is 0. The second-order valence-corrected chi connectivity index (χ2v) is 20.3. The van der Waals surface area contributed by atoms with Crippen molar-refractivity contribution in [2.45, 2.75) is 44.2 Å². The minimum absolute atomic E-state index is 0. The molecule has 0 saturated carbocycles. The summed E-state index contributed by atoms with van der Waals surface area (Å²) in [5.41, 5.74) is 1.27. The van der Waals surface area contributed by atoms with E-state index in [2.05, 4.69) is 88.2 Å². The summed E-state index contributed by atoms with van der Waals surface area (Å²) in [5.74, 6) is 0. The molecule has 1 N–H and O–H groups in total. The fourth-order valence-corrected chi connectivity index (χ4v) is 19.8. The van der Waals surface area contributed by atoms with Gasteiger partial charge in [-0.05, 0) is 0 Å². The van der Waals surface area contributed by atoms with E-state index in [0.717, 1.165) is 6.42 Å². The first-order chi connectivity index (χ1) is 10.4. The quantitative estimate of drug-likeness (QED) is 0.579. The van der Waals surface area contributed by atoms with Crippen LogP contribution in [0.3, 0.4) is 0 Å². The Hall–Kier alpha value is -0.427. The second-order valence-electron chi connectivity index (χ2n) is 7.59. The van der Waals surface area contributed by atoms with Crippen molar-refractivity contribution in [3.05, 3.63) is 51.8 Å². The number of nitrogens with one attached hydrogen (secondary N) is 1. The molecule has 0 saturated heterocycles. The first-order valence-electron chi connectivity index (χ1n) is 8.12. The molecule has 0 aliphatic heterocycles. The Bertz CT molecular complexity index is 798. The van der Waals surface area contributed by atoms with Crippen molar-refractivity contribution in [3.8, 4) is 0 Å². The van der Waals surface area contributed by atoms with E-state index in [1.54, 1.807) is 6.49 Å². The molecule has 0 amide bonds. The zero-order chi connectivity index (χ0) is 16.0. The number of aromatic nitrogens is 1. The van der Waals surface area contributed by atoms with E-state index in [-0.39, 0.29) is 24.8 Å². The summed E-state index contributed by atoms with van der Waals surface area (Å²) in [7, 11) is 0. The summed E-state index contributed by atoms with van der Waals surface area (Å²) in [5, 5.41) is 1.34. The monoisotopic (exact) mass is 442 g/mol. The van der Waals surface area contributed by atoms with Crippen LogP contribution < -0.4 is 3.40 Å². The van der Waals surface area contributed by atoms with Crippen LogP contribution in [0.1, 0.15) is 41.0 Å². The number of aromatic amines is 1. The largest absolute Gasteiger partial charge is 0.147 e. The third-order valence-electron chi connectivity index (χ3n) is 5.06. The van der Waals surface area contributed by atoms with Crippen LogP contribution in [0.4, 0.5) is 0 Å². The van der Waals surface area contributed by atoms with Gasteiger partial charge in [0.15, 0.2) is 0 Å². The molecule has 0 radical (unpaired) electrons. The molecule has 1 aliphatic carbocycles. The molecule has 0 spiro atoms. The van der Waals surface area contributed by atoms with Gasteiger partial charge in [0.1, 0.15) is 0 Å². The van der Waals surface area contributed by atoms with Crippen LogP contribution in [-0.4, -0.2) is 8.19 Å². The molecule has 1 aromatic heterocycles. The molecule has 0 fully saturated rings. The minimum Gasteiger partial charge on any atom is -0.147 e. The Balaban J connectivity index is 0.00000144. The zero-order valence-corrected chi connectivity index (χ0v) is 19.2. The van der Waals surface area contributed by atoms with Crippen LogP contribution in [0.25, 0.3) is 10.9 Å². The number of fused-ring (bicyclic) bond motifs is 1. The summed E-state index contributed by atoms with van der Waals surface area (Å²) in [6.07, 6.45) is 8.10. The van der Waals surface area contributed by atoms with Crippen LogP contribution in [0, 0.1) is 0 Å². The van der Waals surface area contributed by atoms with E-state index in [4.69, 9.17) is 0 Å². The van der Waals surface area contributed by atoms with Crippen LogP contribution >= 0.6 is 24.8 Å².